The summed E-state index contributed by atoms with van der Waals surface area (Å²) in [5, 5.41) is 7.48. The van der Waals surface area contributed by atoms with Gasteiger partial charge in [-0.25, -0.2) is 0 Å². The minimum atomic E-state index is -0.264. The van der Waals surface area contributed by atoms with Gasteiger partial charge in [0.2, 0.25) is 5.91 Å². The maximum absolute atomic E-state index is 12.6. The fraction of sp³-hybridized carbons (Fsp3) is 0.471. The predicted molar refractivity (Wildman–Crippen MR) is 83.0 cm³/mol. The summed E-state index contributed by atoms with van der Waals surface area (Å²) in [5.41, 5.74) is 0.599. The topological polar surface area (TPSA) is 54.3 Å². The largest absolute Gasteiger partial charge is 0.459 e. The van der Waals surface area contributed by atoms with Crippen LogP contribution in [0, 0.1) is 5.41 Å². The molecule has 2 heterocycles. The average molecular weight is 286 g/mol. The molecule has 1 saturated heterocycles. The van der Waals surface area contributed by atoms with Gasteiger partial charge in [0.15, 0.2) is 0 Å². The molecular formula is C17H22N2O2. The Hall–Kier alpha value is -1.81. The highest BCUT2D eigenvalue weighted by Gasteiger charge is 2.40. The molecule has 1 amide bonds. The van der Waals surface area contributed by atoms with Crippen molar-refractivity contribution in [3.8, 4) is 0 Å². The van der Waals surface area contributed by atoms with Crippen LogP contribution in [-0.2, 0) is 4.79 Å². The van der Waals surface area contributed by atoms with E-state index in [-0.39, 0.29) is 17.4 Å². The van der Waals surface area contributed by atoms with Crippen LogP contribution >= 0.6 is 0 Å². The second-order valence-electron chi connectivity index (χ2n) is 5.94. The third-order valence-electron chi connectivity index (χ3n) is 4.62. The Balaban J connectivity index is 1.76. The molecule has 1 fully saturated rings. The van der Waals surface area contributed by atoms with Crippen molar-refractivity contribution in [1.29, 1.82) is 0 Å². The van der Waals surface area contributed by atoms with Gasteiger partial charge in [-0.05, 0) is 38.4 Å². The zero-order valence-corrected chi connectivity index (χ0v) is 12.6. The number of nitrogens with one attached hydrogen (secondary N) is 2. The van der Waals surface area contributed by atoms with Crippen molar-refractivity contribution >= 4 is 16.9 Å². The number of amides is 1. The lowest BCUT2D eigenvalue weighted by atomic mass is 9.83. The normalized spacial score (nSPS) is 23.3. The van der Waals surface area contributed by atoms with Crippen LogP contribution in [0.25, 0.3) is 11.0 Å². The predicted octanol–water partition coefficient (Wildman–Crippen LogP) is 3.00. The van der Waals surface area contributed by atoms with Crippen molar-refractivity contribution in [2.45, 2.75) is 32.7 Å². The molecule has 112 valence electrons. The second-order valence-corrected chi connectivity index (χ2v) is 5.94. The summed E-state index contributed by atoms with van der Waals surface area (Å²) < 4.78 is 5.83. The first-order valence-corrected chi connectivity index (χ1v) is 7.65. The van der Waals surface area contributed by atoms with E-state index in [1.54, 1.807) is 0 Å². The summed E-state index contributed by atoms with van der Waals surface area (Å²) >= 11 is 0. The molecule has 1 aromatic carbocycles. The van der Waals surface area contributed by atoms with Crippen LogP contribution in [0.2, 0.25) is 0 Å². The van der Waals surface area contributed by atoms with Gasteiger partial charge < -0.3 is 15.1 Å². The van der Waals surface area contributed by atoms with E-state index in [4.69, 9.17) is 4.42 Å². The molecule has 0 saturated carbocycles. The van der Waals surface area contributed by atoms with Crippen LogP contribution in [0.4, 0.5) is 0 Å². The van der Waals surface area contributed by atoms with Crippen molar-refractivity contribution in [2.24, 2.45) is 5.41 Å². The number of carbonyl (C=O) groups is 1. The first kappa shape index (κ1) is 14.1. The molecule has 1 aliphatic heterocycles. The first-order chi connectivity index (χ1) is 10.1. The van der Waals surface area contributed by atoms with Gasteiger partial charge in [0.1, 0.15) is 11.3 Å². The third-order valence-corrected chi connectivity index (χ3v) is 4.62. The van der Waals surface area contributed by atoms with Gasteiger partial charge in [0.25, 0.3) is 0 Å². The van der Waals surface area contributed by atoms with Crippen LogP contribution in [0.15, 0.2) is 34.7 Å². The van der Waals surface area contributed by atoms with Gasteiger partial charge in [-0.2, -0.15) is 0 Å². The number of hydrogen-bond donors (Lipinski definition) is 2. The Morgan fingerprint density at radius 1 is 1.48 bits per heavy atom. The fourth-order valence-electron chi connectivity index (χ4n) is 3.04. The van der Waals surface area contributed by atoms with Crippen molar-refractivity contribution < 1.29 is 9.21 Å². The van der Waals surface area contributed by atoms with Crippen molar-refractivity contribution in [2.75, 3.05) is 13.1 Å². The molecule has 0 bridgehead atoms. The Kier molecular flexibility index (Phi) is 3.72. The lowest BCUT2D eigenvalue weighted by molar-refractivity contribution is -0.131. The zero-order valence-electron chi connectivity index (χ0n) is 12.6. The Morgan fingerprint density at radius 2 is 2.29 bits per heavy atom. The van der Waals surface area contributed by atoms with Crippen molar-refractivity contribution in [3.05, 3.63) is 36.1 Å². The van der Waals surface area contributed by atoms with Crippen LogP contribution in [0.3, 0.4) is 0 Å². The Labute approximate surface area is 124 Å². The molecule has 1 aromatic heterocycles. The number of furan rings is 1. The molecule has 2 unspecified atom stereocenters. The number of carbonyl (C=O) groups excluding carboxylic acids is 1. The average Bonchev–Trinajstić information content (AvgIpc) is 3.14. The van der Waals surface area contributed by atoms with E-state index in [0.717, 1.165) is 42.7 Å². The van der Waals surface area contributed by atoms with Crippen LogP contribution in [-0.4, -0.2) is 19.0 Å². The van der Waals surface area contributed by atoms with Gasteiger partial charge in [-0.1, -0.05) is 25.1 Å². The van der Waals surface area contributed by atoms with E-state index in [2.05, 4.69) is 17.6 Å². The first-order valence-electron chi connectivity index (χ1n) is 7.65. The quantitative estimate of drug-likeness (QED) is 0.908. The summed E-state index contributed by atoms with van der Waals surface area (Å²) in [6, 6.07) is 9.80. The second kappa shape index (κ2) is 5.53. The van der Waals surface area contributed by atoms with E-state index in [1.165, 1.54) is 0 Å². The highest BCUT2D eigenvalue weighted by molar-refractivity contribution is 5.84. The fourth-order valence-corrected chi connectivity index (χ4v) is 3.04. The number of hydrogen-bond acceptors (Lipinski definition) is 3. The maximum atomic E-state index is 12.6. The monoisotopic (exact) mass is 286 g/mol. The standard InChI is InChI=1S/C17H22N2O2/c1-3-17(8-9-18-11-17)16(20)19-12(2)15-10-13-6-4-5-7-14(13)21-15/h4-7,10,12,18H,3,8-9,11H2,1-2H3,(H,19,20). The molecule has 4 nitrogen and oxygen atoms in total. The summed E-state index contributed by atoms with van der Waals surface area (Å²) in [5.74, 6) is 0.935. The van der Waals surface area contributed by atoms with Gasteiger partial charge >= 0.3 is 0 Å². The lowest BCUT2D eigenvalue weighted by Crippen LogP contribution is -2.43. The molecule has 0 spiro atoms. The van der Waals surface area contributed by atoms with Crippen molar-refractivity contribution in [3.63, 3.8) is 0 Å². The molecular weight excluding hydrogens is 264 g/mol. The summed E-state index contributed by atoms with van der Waals surface area (Å²) in [4.78, 5) is 12.6. The zero-order chi connectivity index (χ0) is 14.9. The van der Waals surface area contributed by atoms with Gasteiger partial charge in [-0.15, -0.1) is 0 Å². The van der Waals surface area contributed by atoms with Crippen molar-refractivity contribution in [1.82, 2.24) is 10.6 Å². The molecule has 0 radical (unpaired) electrons. The Morgan fingerprint density at radius 3 is 2.95 bits per heavy atom. The minimum Gasteiger partial charge on any atom is -0.459 e. The summed E-state index contributed by atoms with van der Waals surface area (Å²) in [7, 11) is 0. The van der Waals surface area contributed by atoms with E-state index in [0.29, 0.717) is 0 Å². The van der Waals surface area contributed by atoms with E-state index in [9.17, 15) is 4.79 Å². The van der Waals surface area contributed by atoms with Gasteiger partial charge in [0, 0.05) is 11.9 Å². The van der Waals surface area contributed by atoms with Crippen LogP contribution < -0.4 is 10.6 Å². The highest BCUT2D eigenvalue weighted by Crippen LogP contribution is 2.31. The molecule has 2 aromatic rings. The SMILES string of the molecule is CCC1(C(=O)NC(C)c2cc3ccccc3o2)CCNC1. The third kappa shape index (κ3) is 2.56. The van der Waals surface area contributed by atoms with Crippen LogP contribution in [0.1, 0.15) is 38.5 Å². The molecule has 1 aliphatic rings. The number of rotatable bonds is 4. The Bertz CT molecular complexity index is 608. The smallest absolute Gasteiger partial charge is 0.228 e. The molecule has 3 rings (SSSR count). The lowest BCUT2D eigenvalue weighted by Gasteiger charge is -2.26. The number of para-hydroxylation sites is 1. The van der Waals surface area contributed by atoms with Gasteiger partial charge in [0.05, 0.1) is 11.5 Å². The van der Waals surface area contributed by atoms with Crippen LogP contribution in [0.5, 0.6) is 0 Å². The molecule has 2 N–H and O–H groups in total. The molecule has 4 heteroatoms. The van der Waals surface area contributed by atoms with Gasteiger partial charge in [-0.3, -0.25) is 4.79 Å². The number of fused-ring (bicyclic) bond motifs is 1. The summed E-state index contributed by atoms with van der Waals surface area (Å²) in [6.45, 7) is 5.74. The molecule has 0 aliphatic carbocycles. The number of benzene rings is 1. The summed E-state index contributed by atoms with van der Waals surface area (Å²) in [6.07, 6.45) is 1.76. The maximum Gasteiger partial charge on any atom is 0.228 e. The van der Waals surface area contributed by atoms with E-state index < -0.39 is 0 Å². The molecule has 21 heavy (non-hydrogen) atoms. The van der Waals surface area contributed by atoms with E-state index >= 15 is 0 Å². The van der Waals surface area contributed by atoms with E-state index in [1.807, 2.05) is 37.3 Å². The molecule has 2 atom stereocenters. The minimum absolute atomic E-state index is 0.117. The highest BCUT2D eigenvalue weighted by atomic mass is 16.3.